The summed E-state index contributed by atoms with van der Waals surface area (Å²) in [6, 6.07) is 1.76. The van der Waals surface area contributed by atoms with Crippen LogP contribution in [0.2, 0.25) is 5.15 Å². The minimum absolute atomic E-state index is 0.103. The van der Waals surface area contributed by atoms with Gasteiger partial charge in [0.2, 0.25) is 0 Å². The van der Waals surface area contributed by atoms with Gasteiger partial charge < -0.3 is 10.0 Å². The molecule has 2 heterocycles. The van der Waals surface area contributed by atoms with Crippen molar-refractivity contribution < 1.29 is 5.11 Å². The van der Waals surface area contributed by atoms with Crippen molar-refractivity contribution in [2.24, 2.45) is 11.3 Å². The third kappa shape index (κ3) is 2.13. The molecule has 1 fully saturated rings. The molecular weight excluding hydrogens is 226 g/mol. The highest BCUT2D eigenvalue weighted by atomic mass is 35.5. The first-order valence-electron chi connectivity index (χ1n) is 5.36. The van der Waals surface area contributed by atoms with Crippen LogP contribution in [-0.2, 0) is 0 Å². The van der Waals surface area contributed by atoms with Crippen LogP contribution in [0.5, 0.6) is 0 Å². The molecular formula is C11H16ClN3O. The van der Waals surface area contributed by atoms with Crippen LogP contribution in [0.1, 0.15) is 13.8 Å². The molecule has 0 radical (unpaired) electrons. The molecule has 0 bridgehead atoms. The van der Waals surface area contributed by atoms with E-state index < -0.39 is 0 Å². The number of hydrogen-bond donors (Lipinski definition) is 1. The molecule has 5 heteroatoms. The van der Waals surface area contributed by atoms with Crippen molar-refractivity contribution in [3.63, 3.8) is 0 Å². The van der Waals surface area contributed by atoms with E-state index >= 15 is 0 Å². The fourth-order valence-electron chi connectivity index (χ4n) is 2.18. The number of aromatic nitrogens is 2. The molecule has 16 heavy (non-hydrogen) atoms. The summed E-state index contributed by atoms with van der Waals surface area (Å²) in [6.45, 7) is 6.23. The zero-order valence-electron chi connectivity index (χ0n) is 9.52. The molecule has 1 aromatic heterocycles. The van der Waals surface area contributed by atoms with Crippen LogP contribution in [0, 0.1) is 11.3 Å². The second-order valence-electron chi connectivity index (χ2n) is 4.95. The van der Waals surface area contributed by atoms with E-state index in [2.05, 4.69) is 28.7 Å². The van der Waals surface area contributed by atoms with Crippen molar-refractivity contribution in [1.82, 2.24) is 9.97 Å². The van der Waals surface area contributed by atoms with E-state index in [4.69, 9.17) is 11.6 Å². The summed E-state index contributed by atoms with van der Waals surface area (Å²) in [4.78, 5) is 10.2. The lowest BCUT2D eigenvalue weighted by atomic mass is 9.83. The maximum Gasteiger partial charge on any atom is 0.134 e. The molecule has 0 amide bonds. The van der Waals surface area contributed by atoms with Gasteiger partial charge in [0, 0.05) is 31.7 Å². The van der Waals surface area contributed by atoms with Crippen LogP contribution < -0.4 is 4.90 Å². The Balaban J connectivity index is 2.19. The third-order valence-electron chi connectivity index (χ3n) is 3.31. The lowest BCUT2D eigenvalue weighted by Crippen LogP contribution is -2.25. The van der Waals surface area contributed by atoms with Gasteiger partial charge in [-0.25, -0.2) is 9.97 Å². The smallest absolute Gasteiger partial charge is 0.134 e. The maximum atomic E-state index is 9.34. The highest BCUT2D eigenvalue weighted by Crippen LogP contribution is 2.36. The quantitative estimate of drug-likeness (QED) is 0.799. The zero-order valence-corrected chi connectivity index (χ0v) is 10.3. The van der Waals surface area contributed by atoms with E-state index in [1.807, 2.05) is 0 Å². The van der Waals surface area contributed by atoms with Gasteiger partial charge in [0.05, 0.1) is 0 Å². The van der Waals surface area contributed by atoms with Crippen molar-refractivity contribution in [2.75, 3.05) is 24.6 Å². The van der Waals surface area contributed by atoms with E-state index in [0.717, 1.165) is 18.9 Å². The van der Waals surface area contributed by atoms with Gasteiger partial charge in [-0.05, 0) is 5.41 Å². The highest BCUT2D eigenvalue weighted by Gasteiger charge is 2.39. The van der Waals surface area contributed by atoms with Crippen LogP contribution in [0.4, 0.5) is 5.82 Å². The van der Waals surface area contributed by atoms with Crippen molar-refractivity contribution >= 4 is 17.4 Å². The second kappa shape index (κ2) is 4.18. The Morgan fingerprint density at radius 2 is 2.31 bits per heavy atom. The van der Waals surface area contributed by atoms with E-state index in [9.17, 15) is 5.11 Å². The molecule has 1 saturated heterocycles. The second-order valence-corrected chi connectivity index (χ2v) is 5.33. The number of halogens is 1. The Bertz CT molecular complexity index is 383. The van der Waals surface area contributed by atoms with Gasteiger partial charge in [0.25, 0.3) is 0 Å². The summed E-state index contributed by atoms with van der Waals surface area (Å²) in [5.41, 5.74) is 0.103. The van der Waals surface area contributed by atoms with Gasteiger partial charge in [-0.15, -0.1) is 0 Å². The largest absolute Gasteiger partial charge is 0.396 e. The van der Waals surface area contributed by atoms with E-state index in [-0.39, 0.29) is 17.9 Å². The molecule has 1 N–H and O–H groups in total. The Labute approximate surface area is 100 Å². The van der Waals surface area contributed by atoms with Gasteiger partial charge in [-0.1, -0.05) is 25.4 Å². The SMILES string of the molecule is CC1(C)CN(c2cc(Cl)ncn2)C[C@H]1CO. The topological polar surface area (TPSA) is 49.2 Å². The van der Waals surface area contributed by atoms with Gasteiger partial charge >= 0.3 is 0 Å². The monoisotopic (exact) mass is 241 g/mol. The van der Waals surface area contributed by atoms with Crippen molar-refractivity contribution in [3.05, 3.63) is 17.5 Å². The van der Waals surface area contributed by atoms with Crippen LogP contribution in [0.25, 0.3) is 0 Å². The summed E-state index contributed by atoms with van der Waals surface area (Å²) in [7, 11) is 0. The molecule has 88 valence electrons. The van der Waals surface area contributed by atoms with Crippen molar-refractivity contribution in [2.45, 2.75) is 13.8 Å². The molecule has 2 rings (SSSR count). The third-order valence-corrected chi connectivity index (χ3v) is 3.51. The van der Waals surface area contributed by atoms with Crippen LogP contribution in [0.15, 0.2) is 12.4 Å². The molecule has 4 nitrogen and oxygen atoms in total. The predicted octanol–water partition coefficient (Wildman–Crippen LogP) is 1.58. The van der Waals surface area contributed by atoms with Crippen LogP contribution in [-0.4, -0.2) is 34.8 Å². The minimum atomic E-state index is 0.103. The summed E-state index contributed by atoms with van der Waals surface area (Å²) in [5, 5.41) is 9.79. The molecule has 1 aliphatic heterocycles. The lowest BCUT2D eigenvalue weighted by molar-refractivity contribution is 0.161. The average molecular weight is 242 g/mol. The Morgan fingerprint density at radius 1 is 1.56 bits per heavy atom. The summed E-state index contributed by atoms with van der Waals surface area (Å²) >= 11 is 5.84. The van der Waals surface area contributed by atoms with Crippen molar-refractivity contribution in [3.8, 4) is 0 Å². The fraction of sp³-hybridized carbons (Fsp3) is 0.636. The molecule has 0 unspecified atom stereocenters. The number of hydrogen-bond acceptors (Lipinski definition) is 4. The molecule has 0 aliphatic carbocycles. The molecule has 0 saturated carbocycles. The van der Waals surface area contributed by atoms with E-state index in [1.54, 1.807) is 6.07 Å². The molecule has 1 aliphatic rings. The number of nitrogens with zero attached hydrogens (tertiary/aromatic N) is 3. The summed E-state index contributed by atoms with van der Waals surface area (Å²) < 4.78 is 0. The lowest BCUT2D eigenvalue weighted by Gasteiger charge is -2.23. The van der Waals surface area contributed by atoms with Gasteiger partial charge in [-0.2, -0.15) is 0 Å². The Hall–Kier alpha value is -0.870. The van der Waals surface area contributed by atoms with Gasteiger partial charge in [0.15, 0.2) is 0 Å². The van der Waals surface area contributed by atoms with Gasteiger partial charge in [0.1, 0.15) is 17.3 Å². The Kier molecular flexibility index (Phi) is 3.04. The number of aliphatic hydroxyl groups is 1. The fourth-order valence-corrected chi connectivity index (χ4v) is 2.32. The number of anilines is 1. The Morgan fingerprint density at radius 3 is 2.88 bits per heavy atom. The summed E-state index contributed by atoms with van der Waals surface area (Å²) in [6.07, 6.45) is 1.47. The standard InChI is InChI=1S/C11H16ClN3O/c1-11(2)6-15(4-8(11)5-16)10-3-9(12)13-7-14-10/h3,7-8,16H,4-6H2,1-2H3/t8-/m0/s1. The number of rotatable bonds is 2. The normalized spacial score (nSPS) is 23.8. The molecule has 1 atom stereocenters. The molecule has 0 spiro atoms. The highest BCUT2D eigenvalue weighted by molar-refractivity contribution is 6.29. The average Bonchev–Trinajstić information content (AvgIpc) is 2.53. The van der Waals surface area contributed by atoms with Crippen LogP contribution >= 0.6 is 11.6 Å². The zero-order chi connectivity index (χ0) is 11.8. The first kappa shape index (κ1) is 11.6. The van der Waals surface area contributed by atoms with E-state index in [1.165, 1.54) is 6.33 Å². The molecule has 0 aromatic carbocycles. The first-order valence-corrected chi connectivity index (χ1v) is 5.74. The van der Waals surface area contributed by atoms with E-state index in [0.29, 0.717) is 5.15 Å². The van der Waals surface area contributed by atoms with Crippen LogP contribution in [0.3, 0.4) is 0 Å². The van der Waals surface area contributed by atoms with Crippen molar-refractivity contribution in [1.29, 1.82) is 0 Å². The summed E-state index contributed by atoms with van der Waals surface area (Å²) in [5.74, 6) is 1.12. The van der Waals surface area contributed by atoms with Gasteiger partial charge in [-0.3, -0.25) is 0 Å². The minimum Gasteiger partial charge on any atom is -0.396 e. The number of aliphatic hydroxyl groups excluding tert-OH is 1. The maximum absolute atomic E-state index is 9.34. The first-order chi connectivity index (χ1) is 7.53. The molecule has 1 aromatic rings. The predicted molar refractivity (Wildman–Crippen MR) is 63.6 cm³/mol.